The van der Waals surface area contributed by atoms with Gasteiger partial charge >= 0.3 is 0 Å². The van der Waals surface area contributed by atoms with Crippen molar-refractivity contribution in [2.75, 3.05) is 14.2 Å². The number of hydrogen-bond acceptors (Lipinski definition) is 6. The van der Waals surface area contributed by atoms with Gasteiger partial charge in [-0.1, -0.05) is 25.1 Å². The zero-order valence-corrected chi connectivity index (χ0v) is 23.1. The van der Waals surface area contributed by atoms with Gasteiger partial charge in [0.1, 0.15) is 17.2 Å². The van der Waals surface area contributed by atoms with Crippen LogP contribution in [0.25, 0.3) is 5.69 Å². The molecule has 0 aliphatic carbocycles. The van der Waals surface area contributed by atoms with Gasteiger partial charge in [-0.2, -0.15) is 9.40 Å². The molecule has 0 spiro atoms. The largest absolute Gasteiger partial charge is 0.497 e. The van der Waals surface area contributed by atoms with Crippen LogP contribution in [0.3, 0.4) is 0 Å². The van der Waals surface area contributed by atoms with Crippen LogP contribution in [-0.4, -0.2) is 42.8 Å². The summed E-state index contributed by atoms with van der Waals surface area (Å²) < 4.78 is 47.8. The number of sulfonamides is 1. The Hall–Kier alpha value is -3.82. The first-order valence-electron chi connectivity index (χ1n) is 12.4. The van der Waals surface area contributed by atoms with Crippen LogP contribution in [0.4, 0.5) is 0 Å². The maximum atomic E-state index is 13.9. The van der Waals surface area contributed by atoms with E-state index in [1.807, 2.05) is 63.2 Å². The molecule has 200 valence electrons. The fourth-order valence-corrected chi connectivity index (χ4v) is 5.72. The summed E-state index contributed by atoms with van der Waals surface area (Å²) in [4.78, 5) is 0.198. The van der Waals surface area contributed by atoms with Gasteiger partial charge in [-0.15, -0.1) is 0 Å². The second kappa shape index (κ2) is 11.7. The van der Waals surface area contributed by atoms with E-state index >= 15 is 0 Å². The van der Waals surface area contributed by atoms with Crippen molar-refractivity contribution in [3.05, 3.63) is 90.1 Å². The average Bonchev–Trinajstić information content (AvgIpc) is 3.26. The molecule has 0 bridgehead atoms. The van der Waals surface area contributed by atoms with Crippen molar-refractivity contribution in [3.63, 3.8) is 0 Å². The molecule has 0 aliphatic heterocycles. The molecule has 0 aliphatic rings. The zero-order chi connectivity index (χ0) is 27.3. The van der Waals surface area contributed by atoms with Crippen LogP contribution in [0.15, 0.2) is 83.8 Å². The van der Waals surface area contributed by atoms with Crippen molar-refractivity contribution in [1.82, 2.24) is 14.1 Å². The lowest BCUT2D eigenvalue weighted by atomic mass is 10.2. The molecule has 0 saturated heterocycles. The molecule has 1 heterocycles. The minimum absolute atomic E-state index is 0.0908. The lowest BCUT2D eigenvalue weighted by Crippen LogP contribution is -2.38. The fourth-order valence-electron chi connectivity index (χ4n) is 4.05. The van der Waals surface area contributed by atoms with E-state index in [1.54, 1.807) is 55.3 Å². The second-order valence-electron chi connectivity index (χ2n) is 8.88. The van der Waals surface area contributed by atoms with Gasteiger partial charge in [0.25, 0.3) is 0 Å². The number of nitrogens with zero attached hydrogens (tertiary/aromatic N) is 3. The molecule has 9 heteroatoms. The summed E-state index contributed by atoms with van der Waals surface area (Å²) in [6, 6.07) is 23.0. The van der Waals surface area contributed by atoms with Crippen molar-refractivity contribution in [2.45, 2.75) is 44.7 Å². The summed E-state index contributed by atoms with van der Waals surface area (Å²) >= 11 is 0. The molecule has 4 aromatic rings. The fraction of sp³-hybridized carbons (Fsp3) is 0.276. The highest BCUT2D eigenvalue weighted by molar-refractivity contribution is 7.89. The average molecular weight is 536 g/mol. The number of methoxy groups -OCH3 is 2. The first kappa shape index (κ1) is 27.2. The maximum absolute atomic E-state index is 13.9. The van der Waals surface area contributed by atoms with Gasteiger partial charge in [-0.25, -0.2) is 13.1 Å². The zero-order valence-electron chi connectivity index (χ0n) is 22.3. The van der Waals surface area contributed by atoms with Gasteiger partial charge in [0.15, 0.2) is 0 Å². The van der Waals surface area contributed by atoms with E-state index in [0.717, 1.165) is 5.69 Å². The quantitative estimate of drug-likeness (QED) is 0.235. The van der Waals surface area contributed by atoms with E-state index in [4.69, 9.17) is 19.3 Å². The summed E-state index contributed by atoms with van der Waals surface area (Å²) in [7, 11) is -0.684. The molecule has 0 saturated carbocycles. The normalized spacial score (nSPS) is 12.4. The molecule has 1 atom stereocenters. The molecule has 0 unspecified atom stereocenters. The van der Waals surface area contributed by atoms with E-state index in [0.29, 0.717) is 40.8 Å². The topological polar surface area (TPSA) is 82.9 Å². The molecule has 0 amide bonds. The van der Waals surface area contributed by atoms with Gasteiger partial charge in [0, 0.05) is 12.6 Å². The van der Waals surface area contributed by atoms with E-state index in [9.17, 15) is 8.42 Å². The van der Waals surface area contributed by atoms with Crippen molar-refractivity contribution < 1.29 is 22.6 Å². The first-order chi connectivity index (χ1) is 18.3. The van der Waals surface area contributed by atoms with Gasteiger partial charge in [-0.3, -0.25) is 0 Å². The molecule has 0 fully saturated rings. The van der Waals surface area contributed by atoms with Crippen molar-refractivity contribution in [1.29, 1.82) is 0 Å². The van der Waals surface area contributed by atoms with Crippen LogP contribution in [0, 0.1) is 6.92 Å². The molecule has 8 nitrogen and oxygen atoms in total. The van der Waals surface area contributed by atoms with Crippen LogP contribution in [0.2, 0.25) is 0 Å². The number of hydrogen-bond donors (Lipinski definition) is 0. The van der Waals surface area contributed by atoms with Crippen LogP contribution in [0.1, 0.15) is 31.5 Å². The smallest absolute Gasteiger partial charge is 0.243 e. The Labute approximate surface area is 224 Å². The lowest BCUT2D eigenvalue weighted by molar-refractivity contribution is 0.317. The summed E-state index contributed by atoms with van der Waals surface area (Å²) in [5.41, 5.74) is 2.16. The molecule has 3 aromatic carbocycles. The van der Waals surface area contributed by atoms with Gasteiger partial charge in [-0.05, 0) is 80.9 Å². The van der Waals surface area contributed by atoms with Gasteiger partial charge in [0.2, 0.25) is 15.9 Å². The highest BCUT2D eigenvalue weighted by atomic mass is 32.2. The number of aromatic nitrogens is 2. The molecular formula is C29H33N3O5S. The predicted octanol–water partition coefficient (Wildman–Crippen LogP) is 5.98. The third-order valence-electron chi connectivity index (χ3n) is 6.47. The third kappa shape index (κ3) is 5.69. The molecule has 4 rings (SSSR count). The molecular weight excluding hydrogens is 502 g/mol. The van der Waals surface area contributed by atoms with Crippen LogP contribution in [-0.2, 0) is 16.6 Å². The summed E-state index contributed by atoms with van der Waals surface area (Å²) in [5, 5.41) is 4.76. The highest BCUT2D eigenvalue weighted by Gasteiger charge is 2.32. The van der Waals surface area contributed by atoms with Gasteiger partial charge < -0.3 is 14.2 Å². The Kier molecular flexibility index (Phi) is 8.38. The summed E-state index contributed by atoms with van der Waals surface area (Å²) in [6.07, 6.45) is 0.635. The standard InChI is InChI=1S/C29H33N3O5S/c1-6-21(2)31(38(33,34)27-18-16-25(36-5)17-19-27)20-28-22(3)30-32(23-10-8-7-9-11-23)29(28)37-26-14-12-24(35-4)13-15-26/h7-19,21H,6,20H2,1-5H3/t21-/m1/s1. The van der Waals surface area contributed by atoms with E-state index < -0.39 is 10.0 Å². The van der Waals surface area contributed by atoms with Crippen molar-refractivity contribution in [2.24, 2.45) is 0 Å². The summed E-state index contributed by atoms with van der Waals surface area (Å²) in [6.45, 7) is 5.83. The van der Waals surface area contributed by atoms with Crippen LogP contribution in [0.5, 0.6) is 23.1 Å². The van der Waals surface area contributed by atoms with E-state index in [-0.39, 0.29) is 17.5 Å². The summed E-state index contributed by atoms with van der Waals surface area (Å²) in [5.74, 6) is 2.34. The van der Waals surface area contributed by atoms with Crippen molar-refractivity contribution in [3.8, 4) is 28.8 Å². The van der Waals surface area contributed by atoms with E-state index in [2.05, 4.69) is 0 Å². The van der Waals surface area contributed by atoms with Crippen molar-refractivity contribution >= 4 is 10.0 Å². The Morgan fingerprint density at radius 1 is 0.868 bits per heavy atom. The number of para-hydroxylation sites is 1. The number of ether oxygens (including phenoxy) is 3. The number of benzene rings is 3. The Bertz CT molecular complexity index is 1450. The van der Waals surface area contributed by atoms with E-state index in [1.165, 1.54) is 4.31 Å². The second-order valence-corrected chi connectivity index (χ2v) is 10.8. The Morgan fingerprint density at radius 3 is 1.97 bits per heavy atom. The first-order valence-corrected chi connectivity index (χ1v) is 13.8. The van der Waals surface area contributed by atoms with Crippen LogP contribution < -0.4 is 14.2 Å². The maximum Gasteiger partial charge on any atom is 0.243 e. The molecule has 0 radical (unpaired) electrons. The monoisotopic (exact) mass is 535 g/mol. The molecule has 0 N–H and O–H groups in total. The lowest BCUT2D eigenvalue weighted by Gasteiger charge is -2.28. The van der Waals surface area contributed by atoms with Crippen LogP contribution >= 0.6 is 0 Å². The Morgan fingerprint density at radius 2 is 1.42 bits per heavy atom. The minimum atomic E-state index is -3.84. The number of rotatable bonds is 11. The number of aryl methyl sites for hydroxylation is 1. The highest BCUT2D eigenvalue weighted by Crippen LogP contribution is 2.34. The Balaban J connectivity index is 1.80. The molecule has 1 aromatic heterocycles. The third-order valence-corrected chi connectivity index (χ3v) is 8.45. The predicted molar refractivity (Wildman–Crippen MR) is 147 cm³/mol. The SMILES string of the molecule is CC[C@@H](C)N(Cc1c(C)nn(-c2ccccc2)c1Oc1ccc(OC)cc1)S(=O)(=O)c1ccc(OC)cc1. The molecule has 38 heavy (non-hydrogen) atoms. The van der Waals surface area contributed by atoms with Gasteiger partial charge in [0.05, 0.1) is 36.1 Å². The minimum Gasteiger partial charge on any atom is -0.497 e.